The van der Waals surface area contributed by atoms with Crippen LogP contribution < -0.4 is 4.90 Å². The lowest BCUT2D eigenvalue weighted by molar-refractivity contribution is -0.131. The molecule has 1 saturated heterocycles. The molecule has 1 aromatic carbocycles. The zero-order chi connectivity index (χ0) is 20.9. The molecule has 4 rings (SSSR count). The van der Waals surface area contributed by atoms with Crippen molar-refractivity contribution in [1.29, 1.82) is 0 Å². The molecule has 1 aliphatic heterocycles. The molecule has 156 valence electrons. The van der Waals surface area contributed by atoms with Crippen molar-refractivity contribution in [2.75, 3.05) is 36.8 Å². The van der Waals surface area contributed by atoms with Crippen molar-refractivity contribution in [3.05, 3.63) is 66.1 Å². The fourth-order valence-electron chi connectivity index (χ4n) is 3.90. The summed E-state index contributed by atoms with van der Waals surface area (Å²) in [5.74, 6) is 1.89. The Bertz CT molecular complexity index is 982. The molecular formula is C23H27N5OS. The van der Waals surface area contributed by atoms with E-state index in [1.54, 1.807) is 18.0 Å². The van der Waals surface area contributed by atoms with Crippen molar-refractivity contribution in [1.82, 2.24) is 19.7 Å². The lowest BCUT2D eigenvalue weighted by atomic mass is 10.2. The van der Waals surface area contributed by atoms with Gasteiger partial charge in [0.25, 0.3) is 0 Å². The number of piperazine rings is 1. The number of benzene rings is 1. The van der Waals surface area contributed by atoms with E-state index in [1.165, 1.54) is 4.90 Å². The largest absolute Gasteiger partial charge is 0.365 e. The molecule has 3 heterocycles. The summed E-state index contributed by atoms with van der Waals surface area (Å²) < 4.78 is 1.91. The number of hydrogen-bond donors (Lipinski definition) is 0. The maximum atomic E-state index is 12.6. The Kier molecular flexibility index (Phi) is 6.38. The Hall–Kier alpha value is -2.80. The Morgan fingerprint density at radius 1 is 1.00 bits per heavy atom. The van der Waals surface area contributed by atoms with Crippen molar-refractivity contribution < 1.29 is 4.79 Å². The topological polar surface area (TPSA) is 54.3 Å². The molecular weight excluding hydrogens is 394 g/mol. The third kappa shape index (κ3) is 4.51. The molecule has 6 nitrogen and oxygen atoms in total. The molecule has 0 saturated carbocycles. The lowest BCUT2D eigenvalue weighted by Crippen LogP contribution is -2.49. The van der Waals surface area contributed by atoms with Gasteiger partial charge >= 0.3 is 0 Å². The molecule has 0 unspecified atom stereocenters. The van der Waals surface area contributed by atoms with Gasteiger partial charge in [-0.2, -0.15) is 5.10 Å². The van der Waals surface area contributed by atoms with Crippen LogP contribution in [0.4, 0.5) is 5.69 Å². The third-order valence-electron chi connectivity index (χ3n) is 5.40. The second-order valence-electron chi connectivity index (χ2n) is 7.40. The maximum Gasteiger partial charge on any atom is 0.223 e. The van der Waals surface area contributed by atoms with Gasteiger partial charge in [0.15, 0.2) is 5.82 Å². The van der Waals surface area contributed by atoms with Crippen LogP contribution in [0.3, 0.4) is 0 Å². The summed E-state index contributed by atoms with van der Waals surface area (Å²) in [6.45, 7) is 7.29. The number of carbonyl (C=O) groups excluding carboxylic acids is 1. The van der Waals surface area contributed by atoms with E-state index in [1.807, 2.05) is 52.9 Å². The Morgan fingerprint density at radius 3 is 2.43 bits per heavy atom. The zero-order valence-corrected chi connectivity index (χ0v) is 18.3. The predicted molar refractivity (Wildman–Crippen MR) is 121 cm³/mol. The van der Waals surface area contributed by atoms with Crippen molar-refractivity contribution in [3.8, 4) is 5.82 Å². The summed E-state index contributed by atoms with van der Waals surface area (Å²) >= 11 is 1.74. The molecule has 30 heavy (non-hydrogen) atoms. The molecule has 0 bridgehead atoms. The quantitative estimate of drug-likeness (QED) is 0.568. The monoisotopic (exact) mass is 421 g/mol. The number of pyridine rings is 1. The van der Waals surface area contributed by atoms with Crippen LogP contribution >= 0.6 is 11.8 Å². The maximum absolute atomic E-state index is 12.6. The summed E-state index contributed by atoms with van der Waals surface area (Å²) in [7, 11) is 0. The molecule has 0 radical (unpaired) electrons. The van der Waals surface area contributed by atoms with Crippen molar-refractivity contribution in [3.63, 3.8) is 0 Å². The second-order valence-corrected chi connectivity index (χ2v) is 8.57. The third-order valence-corrected chi connectivity index (χ3v) is 6.41. The van der Waals surface area contributed by atoms with Gasteiger partial charge in [0.1, 0.15) is 0 Å². The lowest BCUT2D eigenvalue weighted by Gasteiger charge is -2.36. The van der Waals surface area contributed by atoms with Crippen LogP contribution in [-0.2, 0) is 4.79 Å². The normalized spacial score (nSPS) is 14.2. The molecule has 0 spiro atoms. The first kappa shape index (κ1) is 20.5. The number of anilines is 1. The van der Waals surface area contributed by atoms with Gasteiger partial charge in [-0.1, -0.05) is 24.3 Å². The van der Waals surface area contributed by atoms with Crippen molar-refractivity contribution in [2.24, 2.45) is 0 Å². The average Bonchev–Trinajstić information content (AvgIpc) is 3.09. The van der Waals surface area contributed by atoms with Crippen LogP contribution in [-0.4, -0.2) is 57.5 Å². The average molecular weight is 422 g/mol. The fraction of sp³-hybridized carbons (Fsp3) is 0.348. The van der Waals surface area contributed by atoms with Crippen LogP contribution in [0.15, 0.2) is 59.6 Å². The first-order chi connectivity index (χ1) is 14.6. The predicted octanol–water partition coefficient (Wildman–Crippen LogP) is 3.72. The number of nitrogens with zero attached hydrogens (tertiary/aromatic N) is 5. The van der Waals surface area contributed by atoms with Gasteiger partial charge < -0.3 is 9.80 Å². The van der Waals surface area contributed by atoms with Gasteiger partial charge in [-0.05, 0) is 38.1 Å². The highest BCUT2D eigenvalue weighted by Crippen LogP contribution is 2.27. The SMILES string of the molecule is Cc1nn(-c2ccccn2)c(C)c1N1CCN(C(=O)CCSc2ccccc2)CC1. The van der Waals surface area contributed by atoms with E-state index >= 15 is 0 Å². The minimum Gasteiger partial charge on any atom is -0.365 e. The summed E-state index contributed by atoms with van der Waals surface area (Å²) in [5, 5.41) is 4.71. The molecule has 7 heteroatoms. The number of aromatic nitrogens is 3. The zero-order valence-electron chi connectivity index (χ0n) is 17.5. The standard InChI is InChI=1S/C23H27N5OS/c1-18-23(19(2)28(25-18)21-10-6-7-12-24-21)27-15-13-26(14-16-27)22(29)11-17-30-20-8-4-3-5-9-20/h3-10,12H,11,13-17H2,1-2H3. The number of thioether (sulfide) groups is 1. The van der Waals surface area contributed by atoms with E-state index < -0.39 is 0 Å². The second kappa shape index (κ2) is 9.34. The van der Waals surface area contributed by atoms with E-state index in [4.69, 9.17) is 5.10 Å². The number of hydrogen-bond acceptors (Lipinski definition) is 5. The highest BCUT2D eigenvalue weighted by Gasteiger charge is 2.25. The van der Waals surface area contributed by atoms with Gasteiger partial charge in [-0.25, -0.2) is 9.67 Å². The van der Waals surface area contributed by atoms with Crippen molar-refractivity contribution in [2.45, 2.75) is 25.2 Å². The number of amides is 1. The minimum absolute atomic E-state index is 0.246. The van der Waals surface area contributed by atoms with Gasteiger partial charge in [0, 0.05) is 49.4 Å². The summed E-state index contributed by atoms with van der Waals surface area (Å²) in [6.07, 6.45) is 2.36. The van der Waals surface area contributed by atoms with Crippen LogP contribution in [0.2, 0.25) is 0 Å². The Morgan fingerprint density at radius 2 is 1.73 bits per heavy atom. The van der Waals surface area contributed by atoms with Gasteiger partial charge in [0.2, 0.25) is 5.91 Å². The summed E-state index contributed by atoms with van der Waals surface area (Å²) in [6, 6.07) is 16.1. The van der Waals surface area contributed by atoms with E-state index in [9.17, 15) is 4.79 Å². The highest BCUT2D eigenvalue weighted by atomic mass is 32.2. The van der Waals surface area contributed by atoms with Crippen LogP contribution in [0.1, 0.15) is 17.8 Å². The Balaban J connectivity index is 1.33. The van der Waals surface area contributed by atoms with E-state index in [0.717, 1.165) is 54.8 Å². The molecule has 2 aromatic heterocycles. The molecule has 3 aromatic rings. The van der Waals surface area contributed by atoms with Crippen LogP contribution in [0.5, 0.6) is 0 Å². The first-order valence-corrected chi connectivity index (χ1v) is 11.3. The molecule has 1 fully saturated rings. The molecule has 0 atom stereocenters. The molecule has 0 N–H and O–H groups in total. The molecule has 0 aliphatic carbocycles. The summed E-state index contributed by atoms with van der Waals surface area (Å²) in [4.78, 5) is 22.6. The van der Waals surface area contributed by atoms with Gasteiger partial charge in [0.05, 0.1) is 17.1 Å². The van der Waals surface area contributed by atoms with E-state index in [-0.39, 0.29) is 5.91 Å². The molecule has 1 amide bonds. The smallest absolute Gasteiger partial charge is 0.223 e. The van der Waals surface area contributed by atoms with E-state index in [2.05, 4.69) is 28.9 Å². The minimum atomic E-state index is 0.246. The number of rotatable bonds is 6. The number of carbonyl (C=O) groups is 1. The highest BCUT2D eigenvalue weighted by molar-refractivity contribution is 7.99. The van der Waals surface area contributed by atoms with Crippen LogP contribution in [0, 0.1) is 13.8 Å². The van der Waals surface area contributed by atoms with E-state index in [0.29, 0.717) is 6.42 Å². The number of aryl methyl sites for hydroxylation is 1. The molecule has 1 aliphatic rings. The van der Waals surface area contributed by atoms with Gasteiger partial charge in [-0.3, -0.25) is 4.79 Å². The van der Waals surface area contributed by atoms with Crippen molar-refractivity contribution >= 4 is 23.4 Å². The summed E-state index contributed by atoms with van der Waals surface area (Å²) in [5.41, 5.74) is 3.25. The first-order valence-electron chi connectivity index (χ1n) is 10.3. The van der Waals surface area contributed by atoms with Crippen LogP contribution in [0.25, 0.3) is 5.82 Å². The Labute approximate surface area is 181 Å². The fourth-order valence-corrected chi connectivity index (χ4v) is 4.77. The van der Waals surface area contributed by atoms with Gasteiger partial charge in [-0.15, -0.1) is 11.8 Å².